The predicted molar refractivity (Wildman–Crippen MR) is 72.2 cm³/mol. The Bertz CT molecular complexity index is 718. The van der Waals surface area contributed by atoms with Crippen LogP contribution < -0.4 is 4.74 Å². The quantitative estimate of drug-likeness (QED) is 0.805. The van der Waals surface area contributed by atoms with E-state index in [1.807, 2.05) is 6.07 Å². The Hall–Kier alpha value is -2.45. The van der Waals surface area contributed by atoms with Crippen molar-refractivity contribution in [3.05, 3.63) is 63.7 Å². The van der Waals surface area contributed by atoms with Gasteiger partial charge in [-0.15, -0.1) is 0 Å². The van der Waals surface area contributed by atoms with E-state index in [4.69, 9.17) is 21.6 Å². The Morgan fingerprint density at radius 3 is 2.43 bits per heavy atom. The molecule has 0 radical (unpaired) electrons. The minimum Gasteiger partial charge on any atom is -0.483 e. The van der Waals surface area contributed by atoms with Crippen molar-refractivity contribution in [2.75, 3.05) is 0 Å². The lowest BCUT2D eigenvalue weighted by molar-refractivity contribution is 0.112. The number of rotatable bonds is 4. The summed E-state index contributed by atoms with van der Waals surface area (Å²) < 4.78 is 32.3. The second-order valence-corrected chi connectivity index (χ2v) is 4.55. The third-order valence-electron chi connectivity index (χ3n) is 2.71. The normalized spacial score (nSPS) is 10.0. The summed E-state index contributed by atoms with van der Waals surface area (Å²) in [5, 5.41) is 8.98. The highest BCUT2D eigenvalue weighted by atomic mass is 35.5. The third-order valence-corrected chi connectivity index (χ3v) is 3.06. The van der Waals surface area contributed by atoms with E-state index in [9.17, 15) is 13.6 Å². The first-order valence-electron chi connectivity index (χ1n) is 5.80. The van der Waals surface area contributed by atoms with E-state index in [0.717, 1.165) is 12.1 Å². The van der Waals surface area contributed by atoms with Gasteiger partial charge >= 0.3 is 0 Å². The molecule has 6 heteroatoms. The van der Waals surface area contributed by atoms with Crippen LogP contribution in [0.5, 0.6) is 5.75 Å². The highest BCUT2D eigenvalue weighted by Crippen LogP contribution is 2.25. The SMILES string of the molecule is N#Cc1ccc(COc2c(F)cc(C=O)cc2F)c(Cl)c1. The summed E-state index contributed by atoms with van der Waals surface area (Å²) in [6, 6.07) is 8.17. The Morgan fingerprint density at radius 1 is 1.24 bits per heavy atom. The molecule has 0 spiro atoms. The molecule has 3 nitrogen and oxygen atoms in total. The zero-order chi connectivity index (χ0) is 15.4. The molecule has 0 amide bonds. The summed E-state index contributed by atoms with van der Waals surface area (Å²) in [6.45, 7) is -0.168. The molecule has 0 unspecified atom stereocenters. The van der Waals surface area contributed by atoms with Crippen LogP contribution in [-0.2, 0) is 6.61 Å². The van der Waals surface area contributed by atoms with Crippen LogP contribution in [0.1, 0.15) is 21.5 Å². The molecule has 106 valence electrons. The van der Waals surface area contributed by atoms with Crippen LogP contribution in [-0.4, -0.2) is 6.29 Å². The average Bonchev–Trinajstić information content (AvgIpc) is 2.47. The number of carbonyl (C=O) groups is 1. The first kappa shape index (κ1) is 14.9. The van der Waals surface area contributed by atoms with E-state index in [-0.39, 0.29) is 17.2 Å². The topological polar surface area (TPSA) is 50.1 Å². The molecule has 0 aliphatic carbocycles. The van der Waals surface area contributed by atoms with Crippen LogP contribution in [0.15, 0.2) is 30.3 Å². The molecule has 0 heterocycles. The second-order valence-electron chi connectivity index (χ2n) is 4.14. The third kappa shape index (κ3) is 3.36. The highest BCUT2D eigenvalue weighted by Gasteiger charge is 2.13. The molecule has 0 atom stereocenters. The fourth-order valence-corrected chi connectivity index (χ4v) is 1.90. The maximum absolute atomic E-state index is 13.6. The van der Waals surface area contributed by atoms with Gasteiger partial charge in [-0.25, -0.2) is 8.78 Å². The van der Waals surface area contributed by atoms with Crippen molar-refractivity contribution < 1.29 is 18.3 Å². The van der Waals surface area contributed by atoms with Crippen molar-refractivity contribution in [3.8, 4) is 11.8 Å². The summed E-state index contributed by atoms with van der Waals surface area (Å²) in [5.74, 6) is -2.52. The average molecular weight is 308 g/mol. The van der Waals surface area contributed by atoms with Gasteiger partial charge in [-0.1, -0.05) is 17.7 Å². The molecular formula is C15H8ClF2NO2. The van der Waals surface area contributed by atoms with Gasteiger partial charge in [-0.05, 0) is 24.3 Å². The maximum Gasteiger partial charge on any atom is 0.191 e. The Balaban J connectivity index is 2.21. The number of halogens is 3. The second kappa shape index (κ2) is 6.33. The number of hydrogen-bond donors (Lipinski definition) is 0. The number of aldehydes is 1. The number of hydrogen-bond acceptors (Lipinski definition) is 3. The monoisotopic (exact) mass is 307 g/mol. The van der Waals surface area contributed by atoms with E-state index >= 15 is 0 Å². The van der Waals surface area contributed by atoms with Gasteiger partial charge in [0.2, 0.25) is 0 Å². The van der Waals surface area contributed by atoms with Gasteiger partial charge in [0.25, 0.3) is 0 Å². The van der Waals surface area contributed by atoms with E-state index < -0.39 is 17.4 Å². The molecule has 0 saturated heterocycles. The Morgan fingerprint density at radius 2 is 1.90 bits per heavy atom. The van der Waals surface area contributed by atoms with Gasteiger partial charge in [-0.3, -0.25) is 4.79 Å². The lowest BCUT2D eigenvalue weighted by Gasteiger charge is -2.10. The molecular weight excluding hydrogens is 300 g/mol. The fourth-order valence-electron chi connectivity index (χ4n) is 1.67. The molecule has 0 fully saturated rings. The van der Waals surface area contributed by atoms with E-state index in [1.54, 1.807) is 0 Å². The van der Waals surface area contributed by atoms with Gasteiger partial charge in [0, 0.05) is 16.1 Å². The van der Waals surface area contributed by atoms with Gasteiger partial charge in [0.05, 0.1) is 11.6 Å². The van der Waals surface area contributed by atoms with Crippen LogP contribution >= 0.6 is 11.6 Å². The first-order chi connectivity index (χ1) is 10.0. The summed E-state index contributed by atoms with van der Waals surface area (Å²) in [6.07, 6.45) is 0.341. The summed E-state index contributed by atoms with van der Waals surface area (Å²) in [5.41, 5.74) is 0.735. The number of ether oxygens (including phenoxy) is 1. The lowest BCUT2D eigenvalue weighted by atomic mass is 10.1. The summed E-state index contributed by atoms with van der Waals surface area (Å²) in [4.78, 5) is 10.5. The molecule has 0 aromatic heterocycles. The lowest BCUT2D eigenvalue weighted by Crippen LogP contribution is -2.02. The molecule has 0 bridgehead atoms. The maximum atomic E-state index is 13.6. The minimum absolute atomic E-state index is 0.117. The van der Waals surface area contributed by atoms with Crippen LogP contribution in [0.2, 0.25) is 5.02 Å². The number of nitrogens with zero attached hydrogens (tertiary/aromatic N) is 1. The van der Waals surface area contributed by atoms with Gasteiger partial charge in [0.15, 0.2) is 17.4 Å². The first-order valence-corrected chi connectivity index (χ1v) is 6.18. The smallest absolute Gasteiger partial charge is 0.191 e. The Labute approximate surface area is 124 Å². The van der Waals surface area contributed by atoms with Gasteiger partial charge in [0.1, 0.15) is 12.9 Å². The minimum atomic E-state index is -0.970. The summed E-state index contributed by atoms with van der Waals surface area (Å²) in [7, 11) is 0. The van der Waals surface area contributed by atoms with Crippen molar-refractivity contribution in [2.24, 2.45) is 0 Å². The van der Waals surface area contributed by atoms with Crippen LogP contribution in [0.3, 0.4) is 0 Å². The van der Waals surface area contributed by atoms with Crippen LogP contribution in [0.4, 0.5) is 8.78 Å². The molecule has 0 saturated carbocycles. The largest absolute Gasteiger partial charge is 0.483 e. The van der Waals surface area contributed by atoms with Crippen LogP contribution in [0, 0.1) is 23.0 Å². The van der Waals surface area contributed by atoms with Crippen molar-refractivity contribution in [1.29, 1.82) is 5.26 Å². The molecule has 21 heavy (non-hydrogen) atoms. The van der Waals surface area contributed by atoms with E-state index in [1.165, 1.54) is 18.2 Å². The summed E-state index contributed by atoms with van der Waals surface area (Å²) >= 11 is 5.94. The molecule has 0 aliphatic rings. The number of nitriles is 1. The fraction of sp³-hybridized carbons (Fsp3) is 0.0667. The zero-order valence-electron chi connectivity index (χ0n) is 10.6. The molecule has 2 aromatic rings. The van der Waals surface area contributed by atoms with Crippen LogP contribution in [0.25, 0.3) is 0 Å². The molecule has 0 aliphatic heterocycles. The number of benzene rings is 2. The van der Waals surface area contributed by atoms with E-state index in [0.29, 0.717) is 17.4 Å². The van der Waals surface area contributed by atoms with Gasteiger partial charge < -0.3 is 4.74 Å². The van der Waals surface area contributed by atoms with Crippen molar-refractivity contribution >= 4 is 17.9 Å². The standard InChI is InChI=1S/C15H8ClF2NO2/c16-12-3-9(6-19)1-2-11(12)8-21-15-13(17)4-10(7-20)5-14(15)18/h1-5,7H,8H2. The van der Waals surface area contributed by atoms with E-state index in [2.05, 4.69) is 0 Å². The zero-order valence-corrected chi connectivity index (χ0v) is 11.3. The van der Waals surface area contributed by atoms with Crippen molar-refractivity contribution in [3.63, 3.8) is 0 Å². The Kier molecular flexibility index (Phi) is 4.51. The highest BCUT2D eigenvalue weighted by molar-refractivity contribution is 6.31. The number of carbonyl (C=O) groups excluding carboxylic acids is 1. The predicted octanol–water partition coefficient (Wildman–Crippen LogP) is 3.88. The molecule has 0 N–H and O–H groups in total. The molecule has 2 rings (SSSR count). The molecule has 2 aromatic carbocycles. The van der Waals surface area contributed by atoms with Crippen molar-refractivity contribution in [2.45, 2.75) is 6.61 Å². The van der Waals surface area contributed by atoms with Gasteiger partial charge in [-0.2, -0.15) is 5.26 Å². The van der Waals surface area contributed by atoms with Crippen molar-refractivity contribution in [1.82, 2.24) is 0 Å².